The summed E-state index contributed by atoms with van der Waals surface area (Å²) in [6.07, 6.45) is 1.41. The molecule has 6 heteroatoms. The summed E-state index contributed by atoms with van der Waals surface area (Å²) in [5.74, 6) is -0.258. The number of hydrogen-bond acceptors (Lipinski definition) is 5. The Morgan fingerprint density at radius 3 is 2.32 bits per heavy atom. The zero-order valence-electron chi connectivity index (χ0n) is 13.9. The highest BCUT2D eigenvalue weighted by Gasteiger charge is 2.13. The van der Waals surface area contributed by atoms with Crippen molar-refractivity contribution in [2.24, 2.45) is 0 Å². The molecule has 0 aromatic heterocycles. The number of aromatic hydroxyl groups is 1. The van der Waals surface area contributed by atoms with E-state index in [0.29, 0.717) is 12.1 Å². The van der Waals surface area contributed by atoms with Crippen LogP contribution < -0.4 is 14.8 Å². The van der Waals surface area contributed by atoms with E-state index in [1.54, 1.807) is 0 Å². The van der Waals surface area contributed by atoms with Crippen molar-refractivity contribution in [3.63, 3.8) is 0 Å². The number of hydrogen-bond donors (Lipinski definition) is 2. The molecule has 0 saturated heterocycles. The summed E-state index contributed by atoms with van der Waals surface area (Å²) in [6.45, 7) is 0.320. The van der Waals surface area contributed by atoms with Crippen LogP contribution in [0.3, 0.4) is 0 Å². The first kappa shape index (κ1) is 17.9. The number of carbonyl (C=O) groups is 1. The minimum atomic E-state index is -0.489. The molecule has 6 nitrogen and oxygen atoms in total. The summed E-state index contributed by atoms with van der Waals surface area (Å²) in [5.41, 5.74) is 1.37. The zero-order valence-corrected chi connectivity index (χ0v) is 13.9. The Morgan fingerprint density at radius 1 is 1.20 bits per heavy atom. The van der Waals surface area contributed by atoms with E-state index in [-0.39, 0.29) is 22.8 Å². The average Bonchev–Trinajstić information content (AvgIpc) is 2.65. The van der Waals surface area contributed by atoms with Crippen LogP contribution in [0.15, 0.2) is 48.0 Å². The van der Waals surface area contributed by atoms with E-state index >= 15 is 0 Å². The van der Waals surface area contributed by atoms with Gasteiger partial charge in [0, 0.05) is 6.54 Å². The molecule has 0 saturated carbocycles. The number of methoxy groups -OCH3 is 2. The molecule has 0 atom stereocenters. The van der Waals surface area contributed by atoms with E-state index in [1.807, 2.05) is 36.4 Å². The zero-order chi connectivity index (χ0) is 18.2. The normalized spacial score (nSPS) is 10.7. The van der Waals surface area contributed by atoms with E-state index < -0.39 is 5.91 Å². The topological polar surface area (TPSA) is 91.6 Å². The van der Waals surface area contributed by atoms with Gasteiger partial charge in [0.15, 0.2) is 11.5 Å². The van der Waals surface area contributed by atoms with Gasteiger partial charge in [0.1, 0.15) is 11.6 Å². The van der Waals surface area contributed by atoms with Gasteiger partial charge < -0.3 is 19.9 Å². The van der Waals surface area contributed by atoms with Crippen molar-refractivity contribution in [2.75, 3.05) is 14.2 Å². The number of carbonyl (C=O) groups excluding carboxylic acids is 1. The van der Waals surface area contributed by atoms with Crippen LogP contribution in [0.1, 0.15) is 11.1 Å². The lowest BCUT2D eigenvalue weighted by Crippen LogP contribution is -2.23. The van der Waals surface area contributed by atoms with Crippen molar-refractivity contribution in [3.05, 3.63) is 59.2 Å². The van der Waals surface area contributed by atoms with Crippen LogP contribution in [-0.4, -0.2) is 25.2 Å². The smallest absolute Gasteiger partial charge is 0.262 e. The molecule has 0 fully saturated rings. The fourth-order valence-electron chi connectivity index (χ4n) is 2.19. The van der Waals surface area contributed by atoms with Crippen LogP contribution in [0.5, 0.6) is 17.2 Å². The number of amides is 1. The minimum Gasteiger partial charge on any atom is -0.502 e. The Hall–Kier alpha value is -3.46. The fraction of sp³-hybridized carbons (Fsp3) is 0.158. The second-order valence-electron chi connectivity index (χ2n) is 5.11. The van der Waals surface area contributed by atoms with Crippen molar-refractivity contribution >= 4 is 12.0 Å². The molecule has 0 aliphatic heterocycles. The molecule has 2 N–H and O–H groups in total. The van der Waals surface area contributed by atoms with E-state index in [9.17, 15) is 15.2 Å². The molecule has 0 bridgehead atoms. The van der Waals surface area contributed by atoms with Crippen LogP contribution >= 0.6 is 0 Å². The number of rotatable bonds is 6. The Bertz CT molecular complexity index is 798. The number of phenolic OH excluding ortho intramolecular Hbond substituents is 1. The molecule has 0 unspecified atom stereocenters. The van der Waals surface area contributed by atoms with Gasteiger partial charge in [-0.25, -0.2) is 0 Å². The lowest BCUT2D eigenvalue weighted by Gasteiger charge is -2.10. The number of benzene rings is 2. The quantitative estimate of drug-likeness (QED) is 0.624. The minimum absolute atomic E-state index is 0.0641. The average molecular weight is 338 g/mol. The summed E-state index contributed by atoms with van der Waals surface area (Å²) in [6, 6.07) is 14.3. The summed E-state index contributed by atoms with van der Waals surface area (Å²) < 4.78 is 10.1. The standard InChI is InChI=1S/C19H18N2O4/c1-24-16-9-14(10-17(25-2)18(16)22)8-15(11-20)19(23)21-12-13-6-4-3-5-7-13/h3-10,22H,12H2,1-2H3,(H,21,23). The van der Waals surface area contributed by atoms with Gasteiger partial charge in [-0.1, -0.05) is 30.3 Å². The molecule has 0 aliphatic carbocycles. The predicted octanol–water partition coefficient (Wildman–Crippen LogP) is 2.63. The first-order chi connectivity index (χ1) is 12.1. The molecule has 0 aliphatic rings. The number of nitrogens with zero attached hydrogens (tertiary/aromatic N) is 1. The number of phenols is 1. The van der Waals surface area contributed by atoms with Crippen LogP contribution in [0.2, 0.25) is 0 Å². The van der Waals surface area contributed by atoms with Crippen molar-refractivity contribution in [2.45, 2.75) is 6.54 Å². The predicted molar refractivity (Wildman–Crippen MR) is 93.1 cm³/mol. The first-order valence-corrected chi connectivity index (χ1v) is 7.48. The molecular formula is C19H18N2O4. The summed E-state index contributed by atoms with van der Waals surface area (Å²) >= 11 is 0. The molecule has 0 radical (unpaired) electrons. The molecule has 0 spiro atoms. The number of ether oxygens (including phenoxy) is 2. The van der Waals surface area contributed by atoms with Crippen molar-refractivity contribution in [1.82, 2.24) is 5.32 Å². The second-order valence-corrected chi connectivity index (χ2v) is 5.11. The van der Waals surface area contributed by atoms with Crippen LogP contribution in [0.25, 0.3) is 6.08 Å². The van der Waals surface area contributed by atoms with Crippen LogP contribution in [-0.2, 0) is 11.3 Å². The van der Waals surface area contributed by atoms with Crippen molar-refractivity contribution in [3.8, 4) is 23.3 Å². The van der Waals surface area contributed by atoms with Gasteiger partial charge in [0.25, 0.3) is 5.91 Å². The third kappa shape index (κ3) is 4.52. The maximum Gasteiger partial charge on any atom is 0.262 e. The third-order valence-electron chi connectivity index (χ3n) is 3.47. The Balaban J connectivity index is 2.22. The van der Waals surface area contributed by atoms with Crippen LogP contribution in [0, 0.1) is 11.3 Å². The largest absolute Gasteiger partial charge is 0.502 e. The summed E-state index contributed by atoms with van der Waals surface area (Å²) in [7, 11) is 2.81. The highest BCUT2D eigenvalue weighted by atomic mass is 16.5. The first-order valence-electron chi connectivity index (χ1n) is 7.48. The molecule has 128 valence electrons. The maximum atomic E-state index is 12.2. The van der Waals surface area contributed by atoms with E-state index in [0.717, 1.165) is 5.56 Å². The SMILES string of the molecule is COc1cc(C=C(C#N)C(=O)NCc2ccccc2)cc(OC)c1O. The second kappa shape index (κ2) is 8.41. The highest BCUT2D eigenvalue weighted by Crippen LogP contribution is 2.37. The molecule has 0 heterocycles. The molecule has 2 rings (SSSR count). The van der Waals surface area contributed by atoms with E-state index in [2.05, 4.69) is 5.32 Å². The monoisotopic (exact) mass is 338 g/mol. The number of nitrogens with one attached hydrogen (secondary N) is 1. The fourth-order valence-corrected chi connectivity index (χ4v) is 2.19. The lowest BCUT2D eigenvalue weighted by atomic mass is 10.1. The highest BCUT2D eigenvalue weighted by molar-refractivity contribution is 6.01. The van der Waals surface area contributed by atoms with Gasteiger partial charge in [-0.2, -0.15) is 5.26 Å². The third-order valence-corrected chi connectivity index (χ3v) is 3.47. The molecule has 1 amide bonds. The van der Waals surface area contributed by atoms with E-state index in [1.165, 1.54) is 32.4 Å². The van der Waals surface area contributed by atoms with Gasteiger partial charge >= 0.3 is 0 Å². The summed E-state index contributed by atoms with van der Waals surface area (Å²) in [4.78, 5) is 12.2. The Kier molecular flexibility index (Phi) is 6.02. The van der Waals surface area contributed by atoms with Gasteiger partial charge in [-0.05, 0) is 29.3 Å². The van der Waals surface area contributed by atoms with Crippen molar-refractivity contribution < 1.29 is 19.4 Å². The van der Waals surface area contributed by atoms with E-state index in [4.69, 9.17) is 9.47 Å². The van der Waals surface area contributed by atoms with Gasteiger partial charge in [-0.15, -0.1) is 0 Å². The van der Waals surface area contributed by atoms with Crippen LogP contribution in [0.4, 0.5) is 0 Å². The number of nitriles is 1. The van der Waals surface area contributed by atoms with Gasteiger partial charge in [0.05, 0.1) is 14.2 Å². The van der Waals surface area contributed by atoms with Crippen molar-refractivity contribution in [1.29, 1.82) is 5.26 Å². The maximum absolute atomic E-state index is 12.2. The molecule has 2 aromatic rings. The Labute approximate surface area is 145 Å². The molecule has 25 heavy (non-hydrogen) atoms. The van der Waals surface area contributed by atoms with Gasteiger partial charge in [-0.3, -0.25) is 4.79 Å². The summed E-state index contributed by atoms with van der Waals surface area (Å²) in [5, 5.41) is 21.9. The lowest BCUT2D eigenvalue weighted by molar-refractivity contribution is -0.117. The molecule has 2 aromatic carbocycles. The molecular weight excluding hydrogens is 320 g/mol. The Morgan fingerprint density at radius 2 is 1.80 bits per heavy atom. The van der Waals surface area contributed by atoms with Gasteiger partial charge in [0.2, 0.25) is 5.75 Å².